The summed E-state index contributed by atoms with van der Waals surface area (Å²) in [4.78, 5) is 0. The van der Waals surface area contributed by atoms with E-state index in [0.29, 0.717) is 24.6 Å². The van der Waals surface area contributed by atoms with Crippen molar-refractivity contribution in [2.45, 2.75) is 38.5 Å². The fourth-order valence-electron chi connectivity index (χ4n) is 3.93. The van der Waals surface area contributed by atoms with E-state index < -0.39 is 5.82 Å². The average molecular weight is 329 g/mol. The Labute approximate surface area is 136 Å². The number of nitrogens with two attached hydrogens (primary N) is 1. The lowest BCUT2D eigenvalue weighted by molar-refractivity contribution is 0.0470. The Kier molecular flexibility index (Phi) is 5.72. The Morgan fingerprint density at radius 1 is 1.36 bits per heavy atom. The van der Waals surface area contributed by atoms with Crippen molar-refractivity contribution in [3.8, 4) is 5.75 Å². The first-order valence-corrected chi connectivity index (χ1v) is 8.55. The van der Waals surface area contributed by atoms with E-state index in [0.717, 1.165) is 31.1 Å². The van der Waals surface area contributed by atoms with Crippen molar-refractivity contribution < 1.29 is 13.5 Å². The van der Waals surface area contributed by atoms with Gasteiger partial charge in [-0.1, -0.05) is 20.3 Å². The van der Waals surface area contributed by atoms with Crippen LogP contribution in [0.25, 0.3) is 0 Å². The smallest absolute Gasteiger partial charge is 0.165 e. The molecule has 1 aliphatic carbocycles. The minimum absolute atomic E-state index is 0.108. The van der Waals surface area contributed by atoms with Gasteiger partial charge < -0.3 is 10.5 Å². The van der Waals surface area contributed by atoms with Gasteiger partial charge in [0.05, 0.1) is 6.61 Å². The molecule has 1 heterocycles. The molecule has 3 rings (SSSR count). The van der Waals surface area contributed by atoms with Crippen molar-refractivity contribution in [3.63, 3.8) is 0 Å². The van der Waals surface area contributed by atoms with E-state index in [1.54, 1.807) is 0 Å². The maximum Gasteiger partial charge on any atom is 0.165 e. The zero-order valence-corrected chi connectivity index (χ0v) is 14.1. The Morgan fingerprint density at radius 2 is 2.00 bits per heavy atom. The van der Waals surface area contributed by atoms with Gasteiger partial charge in [0.25, 0.3) is 0 Å². The number of rotatable bonds is 1. The van der Waals surface area contributed by atoms with Gasteiger partial charge in [0.15, 0.2) is 11.6 Å². The van der Waals surface area contributed by atoms with Crippen LogP contribution in [0.3, 0.4) is 0 Å². The Hall–Kier alpha value is -0.810. The summed E-state index contributed by atoms with van der Waals surface area (Å²) >= 11 is 3.79. The van der Waals surface area contributed by atoms with Crippen LogP contribution < -0.4 is 10.5 Å². The van der Waals surface area contributed by atoms with Crippen molar-refractivity contribution in [3.05, 3.63) is 29.3 Å². The maximum atomic E-state index is 14.2. The van der Waals surface area contributed by atoms with Gasteiger partial charge in [0.1, 0.15) is 5.82 Å². The molecule has 1 fully saturated rings. The highest BCUT2D eigenvalue weighted by Gasteiger charge is 2.49. The Morgan fingerprint density at radius 3 is 2.64 bits per heavy atom. The van der Waals surface area contributed by atoms with Gasteiger partial charge in [-0.05, 0) is 43.2 Å². The summed E-state index contributed by atoms with van der Waals surface area (Å²) in [6.45, 7) is 5.04. The summed E-state index contributed by atoms with van der Waals surface area (Å²) < 4.78 is 33.6. The molecular weight excluding hydrogens is 304 g/mol. The van der Waals surface area contributed by atoms with Crippen LogP contribution in [0.2, 0.25) is 0 Å². The van der Waals surface area contributed by atoms with Gasteiger partial charge in [0.2, 0.25) is 0 Å². The molecule has 1 unspecified atom stereocenters. The molecule has 2 aliphatic rings. The molecule has 2 N–H and O–H groups in total. The normalized spacial score (nSPS) is 29.5. The molecule has 0 aromatic heterocycles. The molecule has 1 saturated carbocycles. The number of hydrogen-bond donors (Lipinski definition) is 2. The second-order valence-electron chi connectivity index (χ2n) is 6.27. The standard InChI is InChI=1S/C15H19F2NO.C2H6S/c1-15-6-2-3-9(7-18)10(15)8-19-14-12(17)5-4-11(16)13(14)15;1-2-3/h4-5,9-10H,2-3,6-8,18H2,1H3;3H,2H2,1H3/t9-,10?,15+;/m0./s1. The summed E-state index contributed by atoms with van der Waals surface area (Å²) in [5.41, 5.74) is 5.89. The van der Waals surface area contributed by atoms with Crippen molar-refractivity contribution in [1.82, 2.24) is 0 Å². The summed E-state index contributed by atoms with van der Waals surface area (Å²) in [6.07, 6.45) is 2.92. The largest absolute Gasteiger partial charge is 0.490 e. The van der Waals surface area contributed by atoms with E-state index in [9.17, 15) is 8.78 Å². The lowest BCUT2D eigenvalue weighted by Crippen LogP contribution is -2.49. The van der Waals surface area contributed by atoms with Gasteiger partial charge in [-0.25, -0.2) is 8.78 Å². The minimum Gasteiger partial charge on any atom is -0.490 e. The number of hydrogen-bond acceptors (Lipinski definition) is 3. The SMILES string of the molecule is CCS.C[C@@]12CCC[C@@H](CN)C1COc1c(F)ccc(F)c12. The van der Waals surface area contributed by atoms with E-state index in [-0.39, 0.29) is 22.9 Å². The summed E-state index contributed by atoms with van der Waals surface area (Å²) in [5.74, 6) is 0.730. The first kappa shape index (κ1) is 17.5. The molecule has 1 aliphatic heterocycles. The van der Waals surface area contributed by atoms with E-state index in [4.69, 9.17) is 10.5 Å². The first-order chi connectivity index (χ1) is 10.5. The summed E-state index contributed by atoms with van der Waals surface area (Å²) in [6, 6.07) is 2.35. The predicted octanol–water partition coefficient (Wildman–Crippen LogP) is 3.93. The van der Waals surface area contributed by atoms with Crippen molar-refractivity contribution >= 4 is 12.6 Å². The number of thiol groups is 1. The molecule has 1 aromatic rings. The lowest BCUT2D eigenvalue weighted by atomic mass is 9.58. The second-order valence-corrected chi connectivity index (χ2v) is 6.90. The monoisotopic (exact) mass is 329 g/mol. The fraction of sp³-hybridized carbons (Fsp3) is 0.647. The van der Waals surface area contributed by atoms with Crippen LogP contribution in [0.1, 0.15) is 38.7 Å². The van der Waals surface area contributed by atoms with E-state index in [2.05, 4.69) is 12.6 Å². The molecular formula is C17H25F2NOS. The third-order valence-corrected chi connectivity index (χ3v) is 5.00. The second kappa shape index (κ2) is 7.18. The van der Waals surface area contributed by atoms with E-state index >= 15 is 0 Å². The highest BCUT2D eigenvalue weighted by Crippen LogP contribution is 2.52. The van der Waals surface area contributed by atoms with Gasteiger partial charge in [-0.15, -0.1) is 0 Å². The van der Waals surface area contributed by atoms with Crippen molar-refractivity contribution in [2.75, 3.05) is 18.9 Å². The molecule has 3 atom stereocenters. The van der Waals surface area contributed by atoms with Gasteiger partial charge in [-0.2, -0.15) is 12.6 Å². The number of benzene rings is 1. The Bertz CT molecular complexity index is 526. The molecule has 22 heavy (non-hydrogen) atoms. The van der Waals surface area contributed by atoms with Crippen LogP contribution in [-0.4, -0.2) is 18.9 Å². The molecule has 0 radical (unpaired) electrons. The first-order valence-electron chi connectivity index (χ1n) is 7.91. The zero-order chi connectivity index (χ0) is 16.3. The fourth-order valence-corrected chi connectivity index (χ4v) is 3.93. The molecule has 1 aromatic carbocycles. The van der Waals surface area contributed by atoms with Gasteiger partial charge in [0, 0.05) is 16.9 Å². The van der Waals surface area contributed by atoms with E-state index in [1.165, 1.54) is 6.07 Å². The number of ether oxygens (including phenoxy) is 1. The van der Waals surface area contributed by atoms with Crippen molar-refractivity contribution in [1.29, 1.82) is 0 Å². The third kappa shape index (κ3) is 2.98. The zero-order valence-electron chi connectivity index (χ0n) is 13.2. The van der Waals surface area contributed by atoms with Crippen LogP contribution in [0.4, 0.5) is 8.78 Å². The minimum atomic E-state index is -0.467. The van der Waals surface area contributed by atoms with Crippen LogP contribution in [-0.2, 0) is 5.41 Å². The Balaban J connectivity index is 0.000000545. The highest BCUT2D eigenvalue weighted by molar-refractivity contribution is 7.80. The molecule has 0 bridgehead atoms. The van der Waals surface area contributed by atoms with Gasteiger partial charge >= 0.3 is 0 Å². The van der Waals surface area contributed by atoms with Crippen LogP contribution in [0.5, 0.6) is 5.75 Å². The summed E-state index contributed by atoms with van der Waals surface area (Å²) in [7, 11) is 0. The molecule has 124 valence electrons. The van der Waals surface area contributed by atoms with Crippen LogP contribution >= 0.6 is 12.6 Å². The summed E-state index contributed by atoms with van der Waals surface area (Å²) in [5, 5.41) is 0. The maximum absolute atomic E-state index is 14.2. The molecule has 5 heteroatoms. The molecule has 0 spiro atoms. The third-order valence-electron chi connectivity index (χ3n) is 5.00. The van der Waals surface area contributed by atoms with Gasteiger partial charge in [-0.3, -0.25) is 0 Å². The molecule has 0 saturated heterocycles. The predicted molar refractivity (Wildman–Crippen MR) is 88.6 cm³/mol. The van der Waals surface area contributed by atoms with Crippen LogP contribution in [0.15, 0.2) is 12.1 Å². The quantitative estimate of drug-likeness (QED) is 0.766. The average Bonchev–Trinajstić information content (AvgIpc) is 2.49. The number of fused-ring (bicyclic) bond motifs is 3. The molecule has 2 nitrogen and oxygen atoms in total. The highest BCUT2D eigenvalue weighted by atomic mass is 32.1. The van der Waals surface area contributed by atoms with Crippen molar-refractivity contribution in [2.24, 2.45) is 17.6 Å². The molecule has 0 amide bonds. The topological polar surface area (TPSA) is 35.2 Å². The number of halogens is 2. The van der Waals surface area contributed by atoms with E-state index in [1.807, 2.05) is 13.8 Å². The lowest BCUT2D eigenvalue weighted by Gasteiger charge is -2.49. The van der Waals surface area contributed by atoms with Crippen LogP contribution in [0, 0.1) is 23.5 Å².